The van der Waals surface area contributed by atoms with Gasteiger partial charge in [-0.1, -0.05) is 58.2 Å². The molecule has 206 valence electrons. The number of hydrogen-bond donors (Lipinski definition) is 2. The highest BCUT2D eigenvalue weighted by atomic mass is 16.6. The molecule has 0 aliphatic rings. The molecule has 0 radical (unpaired) electrons. The first kappa shape index (κ1) is 32.0. The summed E-state index contributed by atoms with van der Waals surface area (Å²) >= 11 is 0. The Balaban J connectivity index is 3.63. The topological polar surface area (TPSA) is 87.7 Å². The van der Waals surface area contributed by atoms with Crippen molar-refractivity contribution in [3.05, 3.63) is 35.4 Å². The molecular weight excluding hydrogens is 466 g/mol. The molecule has 4 unspecified atom stereocenters. The number of amides is 3. The van der Waals surface area contributed by atoms with Crippen molar-refractivity contribution < 1.29 is 19.1 Å². The highest BCUT2D eigenvalue weighted by molar-refractivity contribution is 5.92. The second kappa shape index (κ2) is 14.7. The molecule has 0 aliphatic heterocycles. The van der Waals surface area contributed by atoms with E-state index in [0.29, 0.717) is 24.0 Å². The largest absolute Gasteiger partial charge is 0.444 e. The number of terminal acetylenes is 1. The molecule has 7 nitrogen and oxygen atoms in total. The van der Waals surface area contributed by atoms with Gasteiger partial charge in [0.2, 0.25) is 11.8 Å². The van der Waals surface area contributed by atoms with Crippen molar-refractivity contribution in [3.8, 4) is 12.3 Å². The lowest BCUT2D eigenvalue weighted by atomic mass is 9.94. The molecule has 1 aromatic carbocycles. The van der Waals surface area contributed by atoms with Gasteiger partial charge < -0.3 is 20.3 Å². The Labute approximate surface area is 224 Å². The van der Waals surface area contributed by atoms with Gasteiger partial charge in [-0.15, -0.1) is 6.42 Å². The number of nitrogens with zero attached hydrogens (tertiary/aromatic N) is 1. The highest BCUT2D eigenvalue weighted by Crippen LogP contribution is 2.29. The van der Waals surface area contributed by atoms with E-state index in [2.05, 4.69) is 23.5 Å². The van der Waals surface area contributed by atoms with Crippen LogP contribution in [-0.2, 0) is 14.3 Å². The lowest BCUT2D eigenvalue weighted by Gasteiger charge is -2.39. The molecule has 0 aromatic heterocycles. The summed E-state index contributed by atoms with van der Waals surface area (Å²) in [6, 6.07) is 5.00. The Kier molecular flexibility index (Phi) is 12.7. The Morgan fingerprint density at radius 3 is 2.19 bits per heavy atom. The summed E-state index contributed by atoms with van der Waals surface area (Å²) in [7, 11) is 0. The molecule has 0 saturated carbocycles. The van der Waals surface area contributed by atoms with Gasteiger partial charge >= 0.3 is 6.09 Å². The van der Waals surface area contributed by atoms with Crippen LogP contribution in [0.5, 0.6) is 0 Å². The number of benzene rings is 1. The Hall–Kier alpha value is -3.01. The molecule has 37 heavy (non-hydrogen) atoms. The zero-order valence-corrected chi connectivity index (χ0v) is 24.2. The second-order valence-electron chi connectivity index (χ2n) is 11.2. The van der Waals surface area contributed by atoms with E-state index in [1.807, 2.05) is 46.8 Å². The molecule has 0 saturated heterocycles. The van der Waals surface area contributed by atoms with Crippen LogP contribution in [0.2, 0.25) is 0 Å². The van der Waals surface area contributed by atoms with Gasteiger partial charge in [0.1, 0.15) is 17.7 Å². The molecule has 4 atom stereocenters. The molecule has 0 aliphatic carbocycles. The third kappa shape index (κ3) is 10.1. The van der Waals surface area contributed by atoms with Crippen LogP contribution in [-0.4, -0.2) is 46.5 Å². The van der Waals surface area contributed by atoms with Gasteiger partial charge in [-0.3, -0.25) is 9.59 Å². The average molecular weight is 514 g/mol. The lowest BCUT2D eigenvalue weighted by molar-refractivity contribution is -0.145. The minimum absolute atomic E-state index is 0.0711. The third-order valence-corrected chi connectivity index (χ3v) is 6.06. The van der Waals surface area contributed by atoms with Crippen LogP contribution in [0, 0.1) is 18.3 Å². The van der Waals surface area contributed by atoms with Gasteiger partial charge in [0, 0.05) is 17.6 Å². The van der Waals surface area contributed by atoms with Crippen LogP contribution >= 0.6 is 0 Å². The first-order chi connectivity index (χ1) is 17.2. The van der Waals surface area contributed by atoms with Gasteiger partial charge in [0.25, 0.3) is 0 Å². The SMILES string of the molecule is C#Cc1ccccc1C(C(=O)NC(C)CCC)N(C(=O)C(CC(C)C)NC(=O)OC(C)(C)C)C(C)CC. The predicted molar refractivity (Wildman–Crippen MR) is 149 cm³/mol. The highest BCUT2D eigenvalue weighted by Gasteiger charge is 2.39. The zero-order valence-electron chi connectivity index (χ0n) is 24.2. The number of carbonyl (C=O) groups excluding carboxylic acids is 3. The number of carbonyl (C=O) groups is 3. The predicted octanol–water partition coefficient (Wildman–Crippen LogP) is 5.58. The average Bonchev–Trinajstić information content (AvgIpc) is 2.79. The summed E-state index contributed by atoms with van der Waals surface area (Å²) in [5.74, 6) is 2.14. The maximum absolute atomic E-state index is 14.2. The van der Waals surface area contributed by atoms with E-state index < -0.39 is 23.8 Å². The monoisotopic (exact) mass is 513 g/mol. The summed E-state index contributed by atoms with van der Waals surface area (Å²) in [6.07, 6.45) is 7.87. The van der Waals surface area contributed by atoms with Crippen LogP contribution < -0.4 is 10.6 Å². The first-order valence-electron chi connectivity index (χ1n) is 13.4. The van der Waals surface area contributed by atoms with Gasteiger partial charge in [0.05, 0.1) is 0 Å². The van der Waals surface area contributed by atoms with E-state index in [9.17, 15) is 14.4 Å². The molecule has 1 rings (SSSR count). The van der Waals surface area contributed by atoms with Crippen LogP contribution in [0.3, 0.4) is 0 Å². The Morgan fingerprint density at radius 2 is 1.68 bits per heavy atom. The van der Waals surface area contributed by atoms with E-state index in [1.165, 1.54) is 0 Å². The number of rotatable bonds is 12. The van der Waals surface area contributed by atoms with E-state index in [1.54, 1.807) is 37.8 Å². The second-order valence-corrected chi connectivity index (χ2v) is 11.2. The molecular formula is C30H47N3O4. The van der Waals surface area contributed by atoms with E-state index in [-0.39, 0.29) is 29.8 Å². The van der Waals surface area contributed by atoms with E-state index >= 15 is 0 Å². The molecule has 3 amide bonds. The van der Waals surface area contributed by atoms with Crippen molar-refractivity contribution >= 4 is 17.9 Å². The molecule has 0 bridgehead atoms. The molecule has 0 fully saturated rings. The number of ether oxygens (including phenoxy) is 1. The standard InChI is InChI=1S/C30H47N3O4/c1-11-16-21(6)31-27(34)26(24-18-15-14-17-23(24)13-3)33(22(7)12-2)28(35)25(19-20(4)5)32-29(36)37-30(8,9)10/h3,14-15,17-18,20-22,25-26H,11-12,16,19H2,1-2,4-10H3,(H,31,34)(H,32,36). The molecule has 0 spiro atoms. The number of nitrogens with one attached hydrogen (secondary N) is 2. The summed E-state index contributed by atoms with van der Waals surface area (Å²) in [5.41, 5.74) is 0.419. The van der Waals surface area contributed by atoms with Gasteiger partial charge in [-0.2, -0.15) is 0 Å². The van der Waals surface area contributed by atoms with Crippen LogP contribution in [0.4, 0.5) is 4.79 Å². The quantitative estimate of drug-likeness (QED) is 0.357. The van der Waals surface area contributed by atoms with Crippen molar-refractivity contribution in [2.75, 3.05) is 0 Å². The van der Waals surface area contributed by atoms with Crippen LogP contribution in [0.1, 0.15) is 105 Å². The normalized spacial score (nSPS) is 14.6. The molecule has 0 heterocycles. The minimum atomic E-state index is -0.955. The summed E-state index contributed by atoms with van der Waals surface area (Å²) in [4.78, 5) is 42.4. The molecule has 1 aromatic rings. The summed E-state index contributed by atoms with van der Waals surface area (Å²) in [5, 5.41) is 5.86. The number of alkyl carbamates (subject to hydrolysis) is 1. The van der Waals surface area contributed by atoms with E-state index in [4.69, 9.17) is 11.2 Å². The molecule has 2 N–H and O–H groups in total. The Bertz CT molecular complexity index is 945. The van der Waals surface area contributed by atoms with E-state index in [0.717, 1.165) is 12.8 Å². The van der Waals surface area contributed by atoms with Crippen LogP contribution in [0.25, 0.3) is 0 Å². The maximum Gasteiger partial charge on any atom is 0.408 e. The van der Waals surface area contributed by atoms with Crippen molar-refractivity contribution in [1.82, 2.24) is 15.5 Å². The summed E-state index contributed by atoms with van der Waals surface area (Å²) in [6.45, 7) is 17.2. The van der Waals surface area contributed by atoms with Crippen molar-refractivity contribution in [3.63, 3.8) is 0 Å². The maximum atomic E-state index is 14.2. The van der Waals surface area contributed by atoms with Crippen molar-refractivity contribution in [2.24, 2.45) is 5.92 Å². The fourth-order valence-electron chi connectivity index (χ4n) is 4.23. The molecule has 7 heteroatoms. The Morgan fingerprint density at radius 1 is 1.05 bits per heavy atom. The summed E-state index contributed by atoms with van der Waals surface area (Å²) < 4.78 is 5.45. The lowest BCUT2D eigenvalue weighted by Crippen LogP contribution is -2.56. The van der Waals surface area contributed by atoms with Crippen molar-refractivity contribution in [2.45, 2.75) is 118 Å². The van der Waals surface area contributed by atoms with Gasteiger partial charge in [-0.05, 0) is 71.4 Å². The van der Waals surface area contributed by atoms with Gasteiger partial charge in [-0.25, -0.2) is 4.79 Å². The minimum Gasteiger partial charge on any atom is -0.444 e. The fourth-order valence-corrected chi connectivity index (χ4v) is 4.23. The van der Waals surface area contributed by atoms with Crippen molar-refractivity contribution in [1.29, 1.82) is 0 Å². The smallest absolute Gasteiger partial charge is 0.408 e. The van der Waals surface area contributed by atoms with Crippen LogP contribution in [0.15, 0.2) is 24.3 Å². The third-order valence-electron chi connectivity index (χ3n) is 6.06. The number of hydrogen-bond acceptors (Lipinski definition) is 4. The zero-order chi connectivity index (χ0) is 28.3. The fraction of sp³-hybridized carbons (Fsp3) is 0.633. The van der Waals surface area contributed by atoms with Gasteiger partial charge in [0.15, 0.2) is 0 Å². The first-order valence-corrected chi connectivity index (χ1v) is 13.4.